The van der Waals surface area contributed by atoms with Crippen molar-refractivity contribution in [3.63, 3.8) is 0 Å². The SMILES string of the molecule is COCc1c(CC#N)nnn1CC1CCCO1. The molecule has 0 N–H and O–H groups in total. The van der Waals surface area contributed by atoms with E-state index in [-0.39, 0.29) is 12.5 Å². The van der Waals surface area contributed by atoms with E-state index >= 15 is 0 Å². The maximum atomic E-state index is 8.71. The number of hydrogen-bond donors (Lipinski definition) is 0. The van der Waals surface area contributed by atoms with Crippen LogP contribution in [0.2, 0.25) is 0 Å². The molecule has 6 nitrogen and oxygen atoms in total. The zero-order valence-corrected chi connectivity index (χ0v) is 9.93. The summed E-state index contributed by atoms with van der Waals surface area (Å²) in [5.41, 5.74) is 1.58. The van der Waals surface area contributed by atoms with Gasteiger partial charge in [-0.25, -0.2) is 4.68 Å². The van der Waals surface area contributed by atoms with Crippen LogP contribution in [0.4, 0.5) is 0 Å². The molecule has 0 radical (unpaired) electrons. The number of methoxy groups -OCH3 is 1. The van der Waals surface area contributed by atoms with Crippen molar-refractivity contribution >= 4 is 0 Å². The number of ether oxygens (including phenoxy) is 2. The van der Waals surface area contributed by atoms with Crippen LogP contribution in [-0.4, -0.2) is 34.8 Å². The predicted molar refractivity (Wildman–Crippen MR) is 59.0 cm³/mol. The van der Waals surface area contributed by atoms with E-state index in [9.17, 15) is 0 Å². The third-order valence-corrected chi connectivity index (χ3v) is 2.85. The van der Waals surface area contributed by atoms with E-state index in [1.165, 1.54) is 0 Å². The molecule has 0 aromatic carbocycles. The summed E-state index contributed by atoms with van der Waals surface area (Å²) in [6, 6.07) is 2.09. The minimum atomic E-state index is 0.210. The molecule has 1 unspecified atom stereocenters. The number of rotatable bonds is 5. The number of nitrogens with zero attached hydrogens (tertiary/aromatic N) is 4. The van der Waals surface area contributed by atoms with Gasteiger partial charge in [0.05, 0.1) is 37.4 Å². The van der Waals surface area contributed by atoms with Crippen molar-refractivity contribution in [3.8, 4) is 6.07 Å². The van der Waals surface area contributed by atoms with E-state index in [2.05, 4.69) is 16.4 Å². The summed E-state index contributed by atoms with van der Waals surface area (Å²) < 4.78 is 12.5. The molecular weight excluding hydrogens is 220 g/mol. The lowest BCUT2D eigenvalue weighted by molar-refractivity contribution is 0.0899. The Balaban J connectivity index is 2.11. The average Bonchev–Trinajstić information content (AvgIpc) is 2.94. The first-order valence-electron chi connectivity index (χ1n) is 5.74. The van der Waals surface area contributed by atoms with E-state index in [1.807, 2.05) is 0 Å². The van der Waals surface area contributed by atoms with Crippen LogP contribution in [0.15, 0.2) is 0 Å². The second kappa shape index (κ2) is 5.75. The molecule has 0 saturated carbocycles. The molecular formula is C11H16N4O2. The molecule has 1 aromatic rings. The van der Waals surface area contributed by atoms with Gasteiger partial charge in [-0.05, 0) is 12.8 Å². The van der Waals surface area contributed by atoms with Crippen molar-refractivity contribution in [2.45, 2.75) is 38.5 Å². The van der Waals surface area contributed by atoms with E-state index in [0.29, 0.717) is 18.8 Å². The molecule has 1 aliphatic rings. The minimum absolute atomic E-state index is 0.210. The van der Waals surface area contributed by atoms with Crippen molar-refractivity contribution in [1.29, 1.82) is 5.26 Å². The lowest BCUT2D eigenvalue weighted by atomic mass is 10.2. The zero-order chi connectivity index (χ0) is 12.1. The first kappa shape index (κ1) is 12.0. The monoisotopic (exact) mass is 236 g/mol. The second-order valence-corrected chi connectivity index (χ2v) is 4.07. The van der Waals surface area contributed by atoms with Crippen LogP contribution in [0.1, 0.15) is 24.2 Å². The summed E-state index contributed by atoms with van der Waals surface area (Å²) in [5.74, 6) is 0. The highest BCUT2D eigenvalue weighted by Gasteiger charge is 2.20. The third-order valence-electron chi connectivity index (χ3n) is 2.85. The Hall–Kier alpha value is -1.45. The quantitative estimate of drug-likeness (QED) is 0.751. The summed E-state index contributed by atoms with van der Waals surface area (Å²) in [6.07, 6.45) is 2.64. The molecule has 2 rings (SSSR count). The maximum Gasteiger partial charge on any atom is 0.102 e. The molecule has 0 amide bonds. The van der Waals surface area contributed by atoms with Gasteiger partial charge in [-0.1, -0.05) is 5.21 Å². The number of hydrogen-bond acceptors (Lipinski definition) is 5. The zero-order valence-electron chi connectivity index (χ0n) is 9.93. The summed E-state index contributed by atoms with van der Waals surface area (Å²) in [6.45, 7) is 1.94. The van der Waals surface area contributed by atoms with Crippen molar-refractivity contribution in [2.75, 3.05) is 13.7 Å². The molecule has 1 aromatic heterocycles. The fraction of sp³-hybridized carbons (Fsp3) is 0.727. The highest BCUT2D eigenvalue weighted by Crippen LogP contribution is 2.16. The van der Waals surface area contributed by atoms with Gasteiger partial charge < -0.3 is 9.47 Å². The lowest BCUT2D eigenvalue weighted by Crippen LogP contribution is -2.18. The Labute approximate surface area is 100 Å². The molecule has 2 heterocycles. The minimum Gasteiger partial charge on any atom is -0.378 e. The standard InChI is InChI=1S/C11H16N4O2/c1-16-8-11-10(4-5-12)13-14-15(11)7-9-3-2-6-17-9/h9H,2-4,6-8H2,1H3. The van der Waals surface area contributed by atoms with Crippen LogP contribution in [-0.2, 0) is 29.0 Å². The Morgan fingerprint density at radius 2 is 2.53 bits per heavy atom. The molecule has 1 atom stereocenters. The molecule has 0 bridgehead atoms. The molecule has 92 valence electrons. The van der Waals surface area contributed by atoms with Crippen molar-refractivity contribution in [3.05, 3.63) is 11.4 Å². The fourth-order valence-corrected chi connectivity index (χ4v) is 2.00. The smallest absolute Gasteiger partial charge is 0.102 e. The Kier molecular flexibility index (Phi) is 4.07. The van der Waals surface area contributed by atoms with E-state index < -0.39 is 0 Å². The van der Waals surface area contributed by atoms with Gasteiger partial charge in [0, 0.05) is 13.7 Å². The van der Waals surface area contributed by atoms with E-state index in [0.717, 1.165) is 25.1 Å². The Bertz CT molecular complexity index is 404. The van der Waals surface area contributed by atoms with Gasteiger partial charge in [0.15, 0.2) is 0 Å². The molecule has 17 heavy (non-hydrogen) atoms. The Morgan fingerprint density at radius 1 is 1.65 bits per heavy atom. The summed E-state index contributed by atoms with van der Waals surface area (Å²) in [7, 11) is 1.62. The Morgan fingerprint density at radius 3 is 3.18 bits per heavy atom. The normalized spacial score (nSPS) is 19.4. The van der Waals surface area contributed by atoms with Crippen molar-refractivity contribution in [2.24, 2.45) is 0 Å². The molecule has 1 aliphatic heterocycles. The maximum absolute atomic E-state index is 8.71. The molecule has 1 saturated heterocycles. The van der Waals surface area contributed by atoms with Crippen molar-refractivity contribution in [1.82, 2.24) is 15.0 Å². The van der Waals surface area contributed by atoms with E-state index in [4.69, 9.17) is 14.7 Å². The van der Waals surface area contributed by atoms with Crippen LogP contribution in [0.5, 0.6) is 0 Å². The van der Waals surface area contributed by atoms with E-state index in [1.54, 1.807) is 11.8 Å². The van der Waals surface area contributed by atoms with Crippen LogP contribution in [0.25, 0.3) is 0 Å². The van der Waals surface area contributed by atoms with Crippen molar-refractivity contribution < 1.29 is 9.47 Å². The van der Waals surface area contributed by atoms with Gasteiger partial charge in [-0.2, -0.15) is 5.26 Å². The second-order valence-electron chi connectivity index (χ2n) is 4.07. The van der Waals surface area contributed by atoms with Crippen LogP contribution < -0.4 is 0 Å². The van der Waals surface area contributed by atoms with Crippen LogP contribution in [0, 0.1) is 11.3 Å². The summed E-state index contributed by atoms with van der Waals surface area (Å²) in [5, 5.41) is 16.8. The van der Waals surface area contributed by atoms with Gasteiger partial charge in [-0.15, -0.1) is 5.10 Å². The van der Waals surface area contributed by atoms with Gasteiger partial charge in [0.2, 0.25) is 0 Å². The molecule has 0 spiro atoms. The first-order chi connectivity index (χ1) is 8.35. The molecule has 0 aliphatic carbocycles. The lowest BCUT2D eigenvalue weighted by Gasteiger charge is -2.11. The van der Waals surface area contributed by atoms with Gasteiger partial charge >= 0.3 is 0 Å². The van der Waals surface area contributed by atoms with Gasteiger partial charge in [-0.3, -0.25) is 0 Å². The van der Waals surface area contributed by atoms with Gasteiger partial charge in [0.1, 0.15) is 5.69 Å². The van der Waals surface area contributed by atoms with Crippen LogP contribution in [0.3, 0.4) is 0 Å². The number of nitriles is 1. The number of aromatic nitrogens is 3. The largest absolute Gasteiger partial charge is 0.378 e. The average molecular weight is 236 g/mol. The third kappa shape index (κ3) is 2.81. The molecule has 6 heteroatoms. The first-order valence-corrected chi connectivity index (χ1v) is 5.74. The summed E-state index contributed by atoms with van der Waals surface area (Å²) >= 11 is 0. The topological polar surface area (TPSA) is 73.0 Å². The highest BCUT2D eigenvalue weighted by molar-refractivity contribution is 5.13. The predicted octanol–water partition coefficient (Wildman–Crippen LogP) is 0.670. The van der Waals surface area contributed by atoms with Crippen LogP contribution >= 0.6 is 0 Å². The fourth-order valence-electron chi connectivity index (χ4n) is 2.00. The van der Waals surface area contributed by atoms with Gasteiger partial charge in [0.25, 0.3) is 0 Å². The molecule has 1 fully saturated rings. The highest BCUT2D eigenvalue weighted by atomic mass is 16.5. The summed E-state index contributed by atoms with van der Waals surface area (Å²) in [4.78, 5) is 0.